The van der Waals surface area contributed by atoms with Gasteiger partial charge in [0.15, 0.2) is 0 Å². The molecule has 1 rings (SSSR count). The summed E-state index contributed by atoms with van der Waals surface area (Å²) in [5.41, 5.74) is 6.53. The quantitative estimate of drug-likeness (QED) is 0.789. The van der Waals surface area contributed by atoms with Gasteiger partial charge in [0, 0.05) is 18.7 Å². The van der Waals surface area contributed by atoms with Crippen molar-refractivity contribution in [2.24, 2.45) is 5.73 Å². The van der Waals surface area contributed by atoms with E-state index in [0.29, 0.717) is 12.1 Å². The summed E-state index contributed by atoms with van der Waals surface area (Å²) >= 11 is 0. The lowest BCUT2D eigenvalue weighted by molar-refractivity contribution is -0.120. The third-order valence-corrected chi connectivity index (χ3v) is 2.65. The molecule has 1 unspecified atom stereocenters. The monoisotopic (exact) mass is 253 g/mol. The molecule has 0 saturated heterocycles. The SMILES string of the molecule is Cc1ccc(F)c(C(NCCN(C)C)C(N)=O)c1. The van der Waals surface area contributed by atoms with Crippen LogP contribution in [0.5, 0.6) is 0 Å². The molecule has 1 atom stereocenters. The molecule has 1 aromatic carbocycles. The number of rotatable bonds is 6. The number of halogens is 1. The van der Waals surface area contributed by atoms with Crippen LogP contribution in [0.15, 0.2) is 18.2 Å². The Hall–Kier alpha value is -1.46. The number of amides is 1. The Morgan fingerprint density at radius 2 is 2.17 bits per heavy atom. The fourth-order valence-corrected chi connectivity index (χ4v) is 1.68. The van der Waals surface area contributed by atoms with E-state index in [1.165, 1.54) is 6.07 Å². The van der Waals surface area contributed by atoms with Crippen LogP contribution in [0.4, 0.5) is 4.39 Å². The van der Waals surface area contributed by atoms with Gasteiger partial charge in [-0.3, -0.25) is 4.79 Å². The summed E-state index contributed by atoms with van der Waals surface area (Å²) in [5.74, 6) is -0.986. The molecule has 4 nitrogen and oxygen atoms in total. The first-order valence-electron chi connectivity index (χ1n) is 5.85. The zero-order valence-corrected chi connectivity index (χ0v) is 11.0. The molecular formula is C13H20FN3O. The van der Waals surface area contributed by atoms with E-state index >= 15 is 0 Å². The van der Waals surface area contributed by atoms with Crippen LogP contribution >= 0.6 is 0 Å². The van der Waals surface area contributed by atoms with E-state index in [4.69, 9.17) is 5.73 Å². The summed E-state index contributed by atoms with van der Waals surface area (Å²) < 4.78 is 13.7. The van der Waals surface area contributed by atoms with Crippen molar-refractivity contribution in [3.8, 4) is 0 Å². The van der Waals surface area contributed by atoms with Crippen LogP contribution < -0.4 is 11.1 Å². The lowest BCUT2D eigenvalue weighted by Gasteiger charge is -2.18. The molecule has 0 aliphatic heterocycles. The highest BCUT2D eigenvalue weighted by Crippen LogP contribution is 2.18. The molecule has 0 bridgehead atoms. The number of nitrogens with zero attached hydrogens (tertiary/aromatic N) is 1. The van der Waals surface area contributed by atoms with E-state index in [2.05, 4.69) is 5.32 Å². The van der Waals surface area contributed by atoms with Gasteiger partial charge in [0.2, 0.25) is 5.91 Å². The van der Waals surface area contributed by atoms with Crippen LogP contribution in [0.25, 0.3) is 0 Å². The maximum absolute atomic E-state index is 13.7. The lowest BCUT2D eigenvalue weighted by Crippen LogP contribution is -2.37. The molecule has 0 spiro atoms. The van der Waals surface area contributed by atoms with Crippen molar-refractivity contribution in [3.63, 3.8) is 0 Å². The second-order valence-corrected chi connectivity index (χ2v) is 4.62. The summed E-state index contributed by atoms with van der Waals surface area (Å²) in [6.07, 6.45) is 0. The molecule has 0 heterocycles. The summed E-state index contributed by atoms with van der Waals surface area (Å²) in [6, 6.07) is 3.88. The molecule has 1 aromatic rings. The van der Waals surface area contributed by atoms with Crippen molar-refractivity contribution in [1.29, 1.82) is 0 Å². The Labute approximate surface area is 107 Å². The van der Waals surface area contributed by atoms with Crippen LogP contribution in [-0.2, 0) is 4.79 Å². The molecule has 18 heavy (non-hydrogen) atoms. The van der Waals surface area contributed by atoms with Crippen molar-refractivity contribution >= 4 is 5.91 Å². The zero-order valence-electron chi connectivity index (χ0n) is 11.0. The largest absolute Gasteiger partial charge is 0.368 e. The van der Waals surface area contributed by atoms with Crippen molar-refractivity contribution < 1.29 is 9.18 Å². The van der Waals surface area contributed by atoms with Gasteiger partial charge in [-0.05, 0) is 27.1 Å². The highest BCUT2D eigenvalue weighted by atomic mass is 19.1. The number of benzene rings is 1. The molecule has 0 fully saturated rings. The first-order chi connectivity index (χ1) is 8.41. The van der Waals surface area contributed by atoms with Gasteiger partial charge in [-0.2, -0.15) is 0 Å². The molecule has 0 aliphatic rings. The first-order valence-corrected chi connectivity index (χ1v) is 5.85. The van der Waals surface area contributed by atoms with E-state index < -0.39 is 17.8 Å². The Balaban J connectivity index is 2.84. The summed E-state index contributed by atoms with van der Waals surface area (Å²) in [7, 11) is 3.85. The van der Waals surface area contributed by atoms with Gasteiger partial charge in [-0.1, -0.05) is 17.7 Å². The summed E-state index contributed by atoms with van der Waals surface area (Å²) in [6.45, 7) is 3.16. The second-order valence-electron chi connectivity index (χ2n) is 4.62. The van der Waals surface area contributed by atoms with Gasteiger partial charge >= 0.3 is 0 Å². The number of primary amides is 1. The second kappa shape index (κ2) is 6.47. The number of carbonyl (C=O) groups excluding carboxylic acids is 1. The van der Waals surface area contributed by atoms with E-state index in [1.54, 1.807) is 12.1 Å². The minimum atomic E-state index is -0.787. The zero-order chi connectivity index (χ0) is 13.7. The van der Waals surface area contributed by atoms with Crippen molar-refractivity contribution in [2.75, 3.05) is 27.2 Å². The molecule has 0 saturated carbocycles. The molecule has 1 amide bonds. The van der Waals surface area contributed by atoms with E-state index in [-0.39, 0.29) is 0 Å². The number of carbonyl (C=O) groups is 1. The lowest BCUT2D eigenvalue weighted by atomic mass is 10.0. The normalized spacial score (nSPS) is 12.7. The van der Waals surface area contributed by atoms with E-state index in [9.17, 15) is 9.18 Å². The van der Waals surface area contributed by atoms with Gasteiger partial charge in [-0.25, -0.2) is 4.39 Å². The third kappa shape index (κ3) is 4.09. The number of hydrogen-bond donors (Lipinski definition) is 2. The van der Waals surface area contributed by atoms with Crippen LogP contribution in [-0.4, -0.2) is 38.0 Å². The number of aryl methyl sites for hydroxylation is 1. The van der Waals surface area contributed by atoms with Crippen molar-refractivity contribution in [1.82, 2.24) is 10.2 Å². The average Bonchev–Trinajstić information content (AvgIpc) is 2.27. The van der Waals surface area contributed by atoms with Crippen LogP contribution in [0.1, 0.15) is 17.2 Å². The highest BCUT2D eigenvalue weighted by Gasteiger charge is 2.20. The topological polar surface area (TPSA) is 58.4 Å². The van der Waals surface area contributed by atoms with E-state index in [1.807, 2.05) is 25.9 Å². The molecule has 3 N–H and O–H groups in total. The Morgan fingerprint density at radius 1 is 1.50 bits per heavy atom. The molecule has 5 heteroatoms. The van der Waals surface area contributed by atoms with Crippen molar-refractivity contribution in [3.05, 3.63) is 35.1 Å². The third-order valence-electron chi connectivity index (χ3n) is 2.65. The standard InChI is InChI=1S/C13H20FN3O/c1-9-4-5-11(14)10(8-9)12(13(15)18)16-6-7-17(2)3/h4-5,8,12,16H,6-7H2,1-3H3,(H2,15,18). The Kier molecular flexibility index (Phi) is 5.25. The average molecular weight is 253 g/mol. The van der Waals surface area contributed by atoms with Gasteiger partial charge < -0.3 is 16.0 Å². The summed E-state index contributed by atoms with van der Waals surface area (Å²) in [5, 5.41) is 2.98. The Morgan fingerprint density at radius 3 is 2.72 bits per heavy atom. The molecule has 0 aliphatic carbocycles. The number of hydrogen-bond acceptors (Lipinski definition) is 3. The number of likely N-dealkylation sites (N-methyl/N-ethyl adjacent to an activating group) is 1. The van der Waals surface area contributed by atoms with Gasteiger partial charge in [0.1, 0.15) is 11.9 Å². The minimum absolute atomic E-state index is 0.307. The van der Waals surface area contributed by atoms with Gasteiger partial charge in [0.05, 0.1) is 0 Å². The predicted molar refractivity (Wildman–Crippen MR) is 69.6 cm³/mol. The highest BCUT2D eigenvalue weighted by molar-refractivity contribution is 5.81. The van der Waals surface area contributed by atoms with Gasteiger partial charge in [-0.15, -0.1) is 0 Å². The van der Waals surface area contributed by atoms with Crippen LogP contribution in [0.3, 0.4) is 0 Å². The van der Waals surface area contributed by atoms with Crippen LogP contribution in [0, 0.1) is 12.7 Å². The molecular weight excluding hydrogens is 233 g/mol. The fourth-order valence-electron chi connectivity index (χ4n) is 1.68. The minimum Gasteiger partial charge on any atom is -0.368 e. The Bertz CT molecular complexity index is 421. The maximum Gasteiger partial charge on any atom is 0.239 e. The van der Waals surface area contributed by atoms with Crippen LogP contribution in [0.2, 0.25) is 0 Å². The molecule has 100 valence electrons. The number of nitrogens with two attached hydrogens (primary N) is 1. The van der Waals surface area contributed by atoms with E-state index in [0.717, 1.165) is 12.1 Å². The smallest absolute Gasteiger partial charge is 0.239 e. The maximum atomic E-state index is 13.7. The van der Waals surface area contributed by atoms with Crippen molar-refractivity contribution in [2.45, 2.75) is 13.0 Å². The van der Waals surface area contributed by atoms with Gasteiger partial charge in [0.25, 0.3) is 0 Å². The fraction of sp³-hybridized carbons (Fsp3) is 0.462. The predicted octanol–water partition coefficient (Wildman–Crippen LogP) is 0.812. The summed E-state index contributed by atoms with van der Waals surface area (Å²) in [4.78, 5) is 13.4. The number of nitrogens with one attached hydrogen (secondary N) is 1. The molecule has 0 aromatic heterocycles. The first kappa shape index (κ1) is 14.6. The molecule has 0 radical (unpaired) electrons.